The van der Waals surface area contributed by atoms with E-state index in [-0.39, 0.29) is 0 Å². The lowest BCUT2D eigenvalue weighted by Crippen LogP contribution is -2.19. The maximum atomic E-state index is 9.60. The fourth-order valence-electron chi connectivity index (χ4n) is 6.27. The first kappa shape index (κ1) is 45.6. The van der Waals surface area contributed by atoms with E-state index >= 15 is 0 Å². The minimum absolute atomic E-state index is 0.292. The van der Waals surface area contributed by atoms with Crippen LogP contribution in [0.5, 0.6) is 0 Å². The summed E-state index contributed by atoms with van der Waals surface area (Å²) in [5.74, 6) is -0.711. The Bertz CT molecular complexity index is 473. The summed E-state index contributed by atoms with van der Waals surface area (Å²) in [6.45, 7) is 6.45. The third kappa shape index (κ3) is 45.9. The molecule has 0 aliphatic carbocycles. The summed E-state index contributed by atoms with van der Waals surface area (Å²) in [5, 5.41) is 7.91. The molecule has 0 spiro atoms. The van der Waals surface area contributed by atoms with E-state index in [2.05, 4.69) is 13.8 Å². The van der Waals surface area contributed by atoms with Gasteiger partial charge in [-0.2, -0.15) is 0 Å². The first-order valence-electron chi connectivity index (χ1n) is 20.6. The Morgan fingerprint density at radius 2 is 0.591 bits per heavy atom. The number of aliphatic carboxylic acids is 1. The van der Waals surface area contributed by atoms with Crippen molar-refractivity contribution >= 4 is 5.97 Å². The average Bonchev–Trinajstić information content (AvgIpc) is 3.01. The summed E-state index contributed by atoms with van der Waals surface area (Å²) in [7, 11) is 0. The molecule has 0 aromatic rings. The summed E-state index contributed by atoms with van der Waals surface area (Å²) in [5.41, 5.74) is 6.39. The van der Waals surface area contributed by atoms with Gasteiger partial charge in [0.25, 0.3) is 0 Å². The van der Waals surface area contributed by atoms with Crippen molar-refractivity contribution in [2.45, 2.75) is 258 Å². The van der Waals surface area contributed by atoms with Crippen LogP contribution in [0.1, 0.15) is 252 Å². The zero-order valence-electron chi connectivity index (χ0n) is 31.0. The zero-order valence-corrected chi connectivity index (χ0v) is 31.0. The zero-order chi connectivity index (χ0) is 32.6. The van der Waals surface area contributed by atoms with E-state index in [9.17, 15) is 4.79 Å². The van der Waals surface area contributed by atoms with Crippen LogP contribution in [0.4, 0.5) is 0 Å². The van der Waals surface area contributed by atoms with Gasteiger partial charge in [0.1, 0.15) is 0 Å². The fraction of sp³-hybridized carbons (Fsp3) is 0.976. The molecule has 0 bridgehead atoms. The standard InChI is InChI=1S/C37H77N.C4H8O2/c1-3-5-7-9-11-13-15-17-19-21-23-25-27-29-31-33-35-37(38)36-34-32-30-28-26-24-22-20-18-16-14-12-10-8-6-4-2;1-2-3-4(5)6/h37H,3-36,38H2,1-2H3;2-3H2,1H3,(H,5,6). The molecule has 0 aromatic heterocycles. The van der Waals surface area contributed by atoms with E-state index in [0.29, 0.717) is 12.5 Å². The van der Waals surface area contributed by atoms with E-state index in [1.54, 1.807) is 0 Å². The van der Waals surface area contributed by atoms with Crippen LogP contribution in [-0.4, -0.2) is 17.1 Å². The topological polar surface area (TPSA) is 63.3 Å². The summed E-state index contributed by atoms with van der Waals surface area (Å²) in [6, 6.07) is 0.466. The monoisotopic (exact) mass is 624 g/mol. The number of carbonyl (C=O) groups is 1. The molecular formula is C41H85NO2. The van der Waals surface area contributed by atoms with Gasteiger partial charge < -0.3 is 10.8 Å². The van der Waals surface area contributed by atoms with E-state index < -0.39 is 5.97 Å². The van der Waals surface area contributed by atoms with Crippen LogP contribution in [0.3, 0.4) is 0 Å². The van der Waals surface area contributed by atoms with Crippen LogP contribution in [0, 0.1) is 0 Å². The van der Waals surface area contributed by atoms with Crippen molar-refractivity contribution in [3.05, 3.63) is 0 Å². The molecule has 0 radical (unpaired) electrons. The average molecular weight is 624 g/mol. The largest absolute Gasteiger partial charge is 0.481 e. The normalized spacial score (nSPS) is 11.2. The van der Waals surface area contributed by atoms with Crippen LogP contribution in [0.15, 0.2) is 0 Å². The second-order valence-corrected chi connectivity index (χ2v) is 14.1. The highest BCUT2D eigenvalue weighted by Gasteiger charge is 2.03. The lowest BCUT2D eigenvalue weighted by Gasteiger charge is -2.11. The number of carboxylic acids is 1. The predicted octanol–water partition coefficient (Wildman–Crippen LogP) is 14.5. The molecule has 3 N–H and O–H groups in total. The van der Waals surface area contributed by atoms with Crippen molar-refractivity contribution in [2.75, 3.05) is 0 Å². The second kappa shape index (κ2) is 42.4. The van der Waals surface area contributed by atoms with E-state index in [1.165, 1.54) is 218 Å². The van der Waals surface area contributed by atoms with Gasteiger partial charge in [0.2, 0.25) is 0 Å². The minimum Gasteiger partial charge on any atom is -0.481 e. The molecule has 0 unspecified atom stereocenters. The molecule has 266 valence electrons. The SMILES string of the molecule is CCCC(=O)O.CCCCCCCCCCCCCCCCCCC(N)CCCCCCCCCCCCCCCCCC. The summed E-state index contributed by atoms with van der Waals surface area (Å²) >= 11 is 0. The van der Waals surface area contributed by atoms with Gasteiger partial charge in [-0.05, 0) is 19.3 Å². The van der Waals surface area contributed by atoms with Gasteiger partial charge in [0.05, 0.1) is 0 Å². The molecule has 3 heteroatoms. The molecule has 0 saturated carbocycles. The molecule has 0 fully saturated rings. The van der Waals surface area contributed by atoms with Crippen molar-refractivity contribution < 1.29 is 9.90 Å². The van der Waals surface area contributed by atoms with Gasteiger partial charge >= 0.3 is 5.97 Å². The number of nitrogens with two attached hydrogens (primary N) is 1. The number of hydrogen-bond acceptors (Lipinski definition) is 2. The molecule has 0 rings (SSSR count). The van der Waals surface area contributed by atoms with Crippen molar-refractivity contribution in [1.29, 1.82) is 0 Å². The van der Waals surface area contributed by atoms with Crippen LogP contribution in [-0.2, 0) is 4.79 Å². The maximum Gasteiger partial charge on any atom is 0.303 e. The lowest BCUT2D eigenvalue weighted by atomic mass is 10.00. The Kier molecular flexibility index (Phi) is 43.9. The summed E-state index contributed by atoms with van der Waals surface area (Å²) < 4.78 is 0. The molecule has 0 atom stereocenters. The molecule has 0 saturated heterocycles. The quantitative estimate of drug-likeness (QED) is 0.0682. The van der Waals surface area contributed by atoms with E-state index in [1.807, 2.05) is 6.92 Å². The predicted molar refractivity (Wildman–Crippen MR) is 199 cm³/mol. The first-order chi connectivity index (χ1) is 21.6. The number of rotatable bonds is 36. The molecule has 3 nitrogen and oxygen atoms in total. The Morgan fingerprint density at radius 3 is 0.750 bits per heavy atom. The van der Waals surface area contributed by atoms with E-state index in [0.717, 1.165) is 6.42 Å². The Hall–Kier alpha value is -0.570. The van der Waals surface area contributed by atoms with Gasteiger partial charge in [-0.3, -0.25) is 4.79 Å². The highest BCUT2D eigenvalue weighted by Crippen LogP contribution is 2.17. The van der Waals surface area contributed by atoms with Crippen molar-refractivity contribution in [1.82, 2.24) is 0 Å². The Balaban J connectivity index is 0. The lowest BCUT2D eigenvalue weighted by molar-refractivity contribution is -0.137. The molecule has 44 heavy (non-hydrogen) atoms. The highest BCUT2D eigenvalue weighted by molar-refractivity contribution is 5.66. The second-order valence-electron chi connectivity index (χ2n) is 14.1. The van der Waals surface area contributed by atoms with Gasteiger partial charge in [-0.15, -0.1) is 0 Å². The molecule has 0 heterocycles. The van der Waals surface area contributed by atoms with Crippen molar-refractivity contribution in [3.63, 3.8) is 0 Å². The molecule has 0 aromatic carbocycles. The summed E-state index contributed by atoms with van der Waals surface area (Å²) in [6.07, 6.45) is 49.9. The Morgan fingerprint density at radius 1 is 0.386 bits per heavy atom. The first-order valence-corrected chi connectivity index (χ1v) is 20.6. The molecule has 0 aliphatic heterocycles. The van der Waals surface area contributed by atoms with Gasteiger partial charge in [0, 0.05) is 12.5 Å². The van der Waals surface area contributed by atoms with E-state index in [4.69, 9.17) is 10.8 Å². The van der Waals surface area contributed by atoms with Gasteiger partial charge in [-0.25, -0.2) is 0 Å². The Labute approximate surface area is 279 Å². The van der Waals surface area contributed by atoms with Gasteiger partial charge in [-0.1, -0.05) is 226 Å². The smallest absolute Gasteiger partial charge is 0.303 e. The molecule has 0 aliphatic rings. The molecule has 0 amide bonds. The van der Waals surface area contributed by atoms with Gasteiger partial charge in [0.15, 0.2) is 0 Å². The number of unbranched alkanes of at least 4 members (excludes halogenated alkanes) is 30. The van der Waals surface area contributed by atoms with Crippen LogP contribution in [0.2, 0.25) is 0 Å². The van der Waals surface area contributed by atoms with Crippen molar-refractivity contribution in [2.24, 2.45) is 5.73 Å². The van der Waals surface area contributed by atoms with Crippen molar-refractivity contribution in [3.8, 4) is 0 Å². The van der Waals surface area contributed by atoms with Crippen LogP contribution < -0.4 is 5.73 Å². The number of hydrogen-bond donors (Lipinski definition) is 2. The van der Waals surface area contributed by atoms with Crippen LogP contribution in [0.25, 0.3) is 0 Å². The third-order valence-electron chi connectivity index (χ3n) is 9.32. The summed E-state index contributed by atoms with van der Waals surface area (Å²) in [4.78, 5) is 9.60. The third-order valence-corrected chi connectivity index (χ3v) is 9.32. The highest BCUT2D eigenvalue weighted by atomic mass is 16.4. The maximum absolute atomic E-state index is 9.60. The number of carboxylic acid groups (broad SMARTS) is 1. The molecular weight excluding hydrogens is 538 g/mol. The van der Waals surface area contributed by atoms with Crippen LogP contribution >= 0.6 is 0 Å². The fourth-order valence-corrected chi connectivity index (χ4v) is 6.27. The minimum atomic E-state index is -0.711.